The third-order valence-electron chi connectivity index (χ3n) is 10.5. The molecule has 0 radical (unpaired) electrons. The highest BCUT2D eigenvalue weighted by Gasteiger charge is 2.45. The number of likely N-dealkylation sites (N-methyl/N-ethyl adjacent to an activating group) is 1. The Labute approximate surface area is 292 Å². The summed E-state index contributed by atoms with van der Waals surface area (Å²) < 4.78 is 23.2. The van der Waals surface area contributed by atoms with Gasteiger partial charge in [0.25, 0.3) is 5.91 Å². The van der Waals surface area contributed by atoms with E-state index in [-0.39, 0.29) is 34.7 Å². The Bertz CT molecular complexity index is 1910. The molecular weight excluding hydrogens is 641 g/mol. The Morgan fingerprint density at radius 2 is 1.94 bits per heavy atom. The largest absolute Gasteiger partial charge is 0.461 e. The zero-order valence-electron chi connectivity index (χ0n) is 28.3. The molecule has 1 N–H and O–H groups in total. The van der Waals surface area contributed by atoms with Crippen molar-refractivity contribution < 1.29 is 13.9 Å². The molecule has 5 heterocycles. The van der Waals surface area contributed by atoms with Crippen molar-refractivity contribution in [1.82, 2.24) is 30.1 Å². The van der Waals surface area contributed by atoms with Gasteiger partial charge in [-0.05, 0) is 89.0 Å². The number of fused-ring (bicyclic) bond motifs is 3. The smallest absolute Gasteiger partial charge is 0.319 e. The zero-order chi connectivity index (χ0) is 34.0. The Balaban J connectivity index is 1.21. The van der Waals surface area contributed by atoms with Crippen molar-refractivity contribution in [1.29, 1.82) is 0 Å². The number of carbonyl (C=O) groups excluding carboxylic acids is 1. The Morgan fingerprint density at radius 1 is 1.14 bits per heavy atom. The van der Waals surface area contributed by atoms with Gasteiger partial charge in [0.15, 0.2) is 5.82 Å². The van der Waals surface area contributed by atoms with Crippen LogP contribution in [0.4, 0.5) is 10.2 Å². The van der Waals surface area contributed by atoms with E-state index >= 15 is 4.39 Å². The highest BCUT2D eigenvalue weighted by molar-refractivity contribution is 6.36. The van der Waals surface area contributed by atoms with Gasteiger partial charge in [0, 0.05) is 54.8 Å². The van der Waals surface area contributed by atoms with E-state index in [4.69, 9.17) is 26.3 Å². The molecule has 3 fully saturated rings. The first kappa shape index (κ1) is 33.5. The minimum absolute atomic E-state index is 0.0216. The number of hydrogen-bond donors (Lipinski definition) is 1. The average Bonchev–Trinajstić information content (AvgIpc) is 3.86. The molecular formula is C38H43ClFN7O2. The van der Waals surface area contributed by atoms with Gasteiger partial charge in [0.05, 0.1) is 10.9 Å². The fraction of sp³-hybridized carbons (Fsp3) is 0.474. The number of aromatic nitrogens is 3. The van der Waals surface area contributed by atoms with Gasteiger partial charge in [-0.25, -0.2) is 4.39 Å². The first-order chi connectivity index (χ1) is 23.9. The predicted octanol–water partition coefficient (Wildman–Crippen LogP) is 6.07. The van der Waals surface area contributed by atoms with Crippen LogP contribution in [0.3, 0.4) is 0 Å². The number of rotatable bonds is 10. The summed E-state index contributed by atoms with van der Waals surface area (Å²) >= 11 is 6.64. The van der Waals surface area contributed by atoms with E-state index in [2.05, 4.69) is 27.0 Å². The van der Waals surface area contributed by atoms with E-state index < -0.39 is 5.82 Å². The van der Waals surface area contributed by atoms with E-state index in [1.54, 1.807) is 17.2 Å². The molecule has 49 heavy (non-hydrogen) atoms. The second kappa shape index (κ2) is 14.4. The van der Waals surface area contributed by atoms with Crippen LogP contribution in [0.1, 0.15) is 51.4 Å². The van der Waals surface area contributed by atoms with Crippen molar-refractivity contribution >= 4 is 45.0 Å². The Hall–Kier alpha value is -4.04. The second-order valence-electron chi connectivity index (χ2n) is 13.5. The quantitative estimate of drug-likeness (QED) is 0.159. The van der Waals surface area contributed by atoms with Crippen LogP contribution in [-0.2, 0) is 4.79 Å². The molecule has 1 amide bonds. The number of likely N-dealkylation sites (tertiary alicyclic amines) is 1. The van der Waals surface area contributed by atoms with Crippen LogP contribution in [0.25, 0.3) is 32.9 Å². The van der Waals surface area contributed by atoms with Crippen LogP contribution in [0.2, 0.25) is 5.02 Å². The number of benzene rings is 2. The Morgan fingerprint density at radius 3 is 2.73 bits per heavy atom. The maximum absolute atomic E-state index is 16.8. The molecule has 1 unspecified atom stereocenters. The number of nitrogens with one attached hydrogen (secondary N) is 1. The van der Waals surface area contributed by atoms with Gasteiger partial charge in [-0.15, -0.1) is 0 Å². The SMILES string of the molecule is CNCCCCC#CC(=O)N1CCC(N(C)c2nc(OCC34CCCN3CCC4)nc3c(F)c(-c4cccc5cccc(Cl)c45)ncc23)C1. The van der Waals surface area contributed by atoms with Crippen LogP contribution >= 0.6 is 11.6 Å². The monoisotopic (exact) mass is 683 g/mol. The van der Waals surface area contributed by atoms with Gasteiger partial charge >= 0.3 is 6.01 Å². The summed E-state index contributed by atoms with van der Waals surface area (Å²) in [6, 6.07) is 11.4. The van der Waals surface area contributed by atoms with E-state index in [1.807, 2.05) is 49.3 Å². The van der Waals surface area contributed by atoms with Gasteiger partial charge < -0.3 is 19.9 Å². The minimum atomic E-state index is -0.554. The molecule has 2 aromatic carbocycles. The molecule has 0 saturated carbocycles. The number of anilines is 1. The van der Waals surface area contributed by atoms with E-state index in [1.165, 1.54) is 0 Å². The van der Waals surface area contributed by atoms with E-state index in [9.17, 15) is 4.79 Å². The number of pyridine rings is 1. The highest BCUT2D eigenvalue weighted by Crippen LogP contribution is 2.40. The Kier molecular flexibility index (Phi) is 9.86. The lowest BCUT2D eigenvalue weighted by Gasteiger charge is -2.31. The lowest BCUT2D eigenvalue weighted by molar-refractivity contribution is -0.124. The molecule has 1 atom stereocenters. The van der Waals surface area contributed by atoms with Crippen molar-refractivity contribution in [2.24, 2.45) is 0 Å². The lowest BCUT2D eigenvalue weighted by atomic mass is 9.95. The van der Waals surface area contributed by atoms with Crippen molar-refractivity contribution in [2.75, 3.05) is 58.3 Å². The third kappa shape index (κ3) is 6.64. The molecule has 0 spiro atoms. The molecule has 3 saturated heterocycles. The summed E-state index contributed by atoms with van der Waals surface area (Å²) in [4.78, 5) is 33.5. The maximum Gasteiger partial charge on any atom is 0.319 e. The van der Waals surface area contributed by atoms with Crippen LogP contribution < -0.4 is 15.0 Å². The first-order valence-corrected chi connectivity index (χ1v) is 17.8. The van der Waals surface area contributed by atoms with E-state index in [0.717, 1.165) is 75.4 Å². The fourth-order valence-electron chi connectivity index (χ4n) is 7.84. The van der Waals surface area contributed by atoms with Crippen molar-refractivity contribution in [2.45, 2.75) is 62.9 Å². The lowest BCUT2D eigenvalue weighted by Crippen LogP contribution is -2.43. The van der Waals surface area contributed by atoms with E-state index in [0.29, 0.717) is 47.9 Å². The summed E-state index contributed by atoms with van der Waals surface area (Å²) in [5, 5.41) is 5.77. The fourth-order valence-corrected chi connectivity index (χ4v) is 8.13. The van der Waals surface area contributed by atoms with Gasteiger partial charge in [-0.2, -0.15) is 9.97 Å². The molecule has 256 valence electrons. The number of hydrogen-bond acceptors (Lipinski definition) is 8. The third-order valence-corrected chi connectivity index (χ3v) is 10.9. The number of nitrogens with zero attached hydrogens (tertiary/aromatic N) is 6. The summed E-state index contributed by atoms with van der Waals surface area (Å²) in [5.41, 5.74) is 0.885. The molecule has 7 rings (SSSR count). The number of unbranched alkanes of at least 4 members (excludes halogenated alkanes) is 2. The predicted molar refractivity (Wildman–Crippen MR) is 192 cm³/mol. The van der Waals surface area contributed by atoms with Crippen LogP contribution in [0, 0.1) is 17.7 Å². The normalized spacial score (nSPS) is 18.5. The number of ether oxygens (including phenoxy) is 1. The van der Waals surface area contributed by atoms with Gasteiger partial charge in [-0.1, -0.05) is 47.9 Å². The number of carbonyl (C=O) groups is 1. The number of halogens is 2. The summed E-state index contributed by atoms with van der Waals surface area (Å²) in [5.74, 6) is 5.67. The highest BCUT2D eigenvalue weighted by atomic mass is 35.5. The van der Waals surface area contributed by atoms with Crippen LogP contribution in [-0.4, -0.2) is 95.7 Å². The summed E-state index contributed by atoms with van der Waals surface area (Å²) in [7, 11) is 3.86. The molecule has 2 aromatic heterocycles. The standard InChI is InChI=1S/C38H43ClFN7O2/c1-41-19-6-4-3-5-15-31(48)46-22-16-27(24-46)45(2)36-29-23-42-34(28-13-7-11-26-12-8-14-30(39)32(26)28)33(40)35(29)43-37(44-36)49-25-38-17-9-20-47(38)21-10-18-38/h7-8,11-14,23,27,41H,3-4,6,9-10,16-22,24-25H2,1-2H3. The van der Waals surface area contributed by atoms with Crippen molar-refractivity contribution in [3.63, 3.8) is 0 Å². The van der Waals surface area contributed by atoms with Gasteiger partial charge in [0.2, 0.25) is 0 Å². The first-order valence-electron chi connectivity index (χ1n) is 17.5. The van der Waals surface area contributed by atoms with Crippen LogP contribution in [0.5, 0.6) is 6.01 Å². The van der Waals surface area contributed by atoms with Gasteiger partial charge in [-0.3, -0.25) is 14.7 Å². The molecule has 0 aliphatic carbocycles. The molecule has 11 heteroatoms. The zero-order valence-corrected chi connectivity index (χ0v) is 29.0. The molecule has 4 aromatic rings. The molecule has 0 bridgehead atoms. The summed E-state index contributed by atoms with van der Waals surface area (Å²) in [6.07, 6.45) is 9.49. The van der Waals surface area contributed by atoms with Gasteiger partial charge in [0.1, 0.15) is 23.6 Å². The van der Waals surface area contributed by atoms with Crippen LogP contribution in [0.15, 0.2) is 42.6 Å². The minimum Gasteiger partial charge on any atom is -0.461 e. The second-order valence-corrected chi connectivity index (χ2v) is 13.9. The van der Waals surface area contributed by atoms with Crippen molar-refractivity contribution in [3.05, 3.63) is 53.4 Å². The maximum atomic E-state index is 16.8. The summed E-state index contributed by atoms with van der Waals surface area (Å²) in [6.45, 7) is 4.63. The molecule has 9 nitrogen and oxygen atoms in total. The topological polar surface area (TPSA) is 86.7 Å². The molecule has 3 aliphatic rings. The number of amides is 1. The van der Waals surface area contributed by atoms with Crippen molar-refractivity contribution in [3.8, 4) is 29.1 Å². The molecule has 3 aliphatic heterocycles. The average molecular weight is 684 g/mol.